The summed E-state index contributed by atoms with van der Waals surface area (Å²) < 4.78 is 6.17. The first-order chi connectivity index (χ1) is 8.43. The Balaban J connectivity index is 2.06. The van der Waals surface area contributed by atoms with E-state index in [0.29, 0.717) is 16.9 Å². The van der Waals surface area contributed by atoms with E-state index in [1.54, 1.807) is 0 Å². The third-order valence-electron chi connectivity index (χ3n) is 2.94. The Morgan fingerprint density at radius 2 is 1.94 bits per heavy atom. The molecule has 1 saturated heterocycles. The van der Waals surface area contributed by atoms with E-state index in [4.69, 9.17) is 0 Å². The van der Waals surface area contributed by atoms with Crippen molar-refractivity contribution in [1.82, 2.24) is 35.3 Å². The maximum Gasteiger partial charge on any atom is 0.248 e. The second kappa shape index (κ2) is 3.09. The quantitative estimate of drug-likeness (QED) is 0.561. The molecule has 1 fully saturated rings. The zero-order valence-electron chi connectivity index (χ0n) is 8.81. The van der Waals surface area contributed by atoms with Gasteiger partial charge in [-0.3, -0.25) is 0 Å². The van der Waals surface area contributed by atoms with Gasteiger partial charge in [-0.25, -0.2) is 9.61 Å². The summed E-state index contributed by atoms with van der Waals surface area (Å²) in [5, 5.41) is 19.0. The Bertz CT molecular complexity index is 681. The number of anilines is 1. The molecule has 86 valence electrons. The van der Waals surface area contributed by atoms with Gasteiger partial charge in [-0.15, -0.1) is 5.10 Å². The van der Waals surface area contributed by atoms with Crippen LogP contribution in [0.15, 0.2) is 4.63 Å². The number of fused-ring (bicyclic) bond motifs is 3. The average molecular weight is 232 g/mol. The van der Waals surface area contributed by atoms with Crippen LogP contribution in [-0.2, 0) is 0 Å². The number of rotatable bonds is 1. The fraction of sp³-hybridized carbons (Fsp3) is 0.500. The minimum Gasteiger partial charge on any atom is -0.353 e. The van der Waals surface area contributed by atoms with Crippen LogP contribution in [-0.4, -0.2) is 48.4 Å². The van der Waals surface area contributed by atoms with E-state index in [-0.39, 0.29) is 0 Å². The molecule has 0 atom stereocenters. The lowest BCUT2D eigenvalue weighted by atomic mass is 10.4. The van der Waals surface area contributed by atoms with Crippen LogP contribution in [0, 0.1) is 0 Å². The second-order valence-corrected chi connectivity index (χ2v) is 3.96. The second-order valence-electron chi connectivity index (χ2n) is 3.96. The zero-order chi connectivity index (χ0) is 11.2. The fourth-order valence-corrected chi connectivity index (χ4v) is 2.14. The summed E-state index contributed by atoms with van der Waals surface area (Å²) in [6, 6.07) is 0. The van der Waals surface area contributed by atoms with E-state index in [1.165, 1.54) is 4.52 Å². The number of aromatic nitrogens is 7. The Morgan fingerprint density at radius 1 is 1.06 bits per heavy atom. The molecule has 9 heteroatoms. The van der Waals surface area contributed by atoms with Gasteiger partial charge in [0.05, 0.1) is 0 Å². The summed E-state index contributed by atoms with van der Waals surface area (Å²) in [6.45, 7) is 1.93. The van der Waals surface area contributed by atoms with E-state index in [9.17, 15) is 0 Å². The molecular weight excluding hydrogens is 224 g/mol. The van der Waals surface area contributed by atoms with Crippen LogP contribution in [0.2, 0.25) is 0 Å². The summed E-state index contributed by atoms with van der Waals surface area (Å²) in [7, 11) is 0. The van der Waals surface area contributed by atoms with Crippen LogP contribution in [0.4, 0.5) is 5.82 Å². The number of hydrogen-bond donors (Lipinski definition) is 0. The minimum absolute atomic E-state index is 0.423. The van der Waals surface area contributed by atoms with Crippen LogP contribution in [0.5, 0.6) is 0 Å². The Morgan fingerprint density at radius 3 is 2.82 bits per heavy atom. The van der Waals surface area contributed by atoms with Gasteiger partial charge in [-0.05, 0) is 33.6 Å². The predicted molar refractivity (Wildman–Crippen MR) is 55.4 cm³/mol. The summed E-state index contributed by atoms with van der Waals surface area (Å²) in [5.41, 5.74) is 1.45. The lowest BCUT2D eigenvalue weighted by Gasteiger charge is -2.15. The van der Waals surface area contributed by atoms with Gasteiger partial charge < -0.3 is 4.90 Å². The van der Waals surface area contributed by atoms with Crippen molar-refractivity contribution in [2.24, 2.45) is 0 Å². The molecule has 0 saturated carbocycles. The number of nitrogens with zero attached hydrogens (tertiary/aromatic N) is 8. The third-order valence-corrected chi connectivity index (χ3v) is 2.94. The maximum atomic E-state index is 4.66. The molecule has 0 N–H and O–H groups in total. The first kappa shape index (κ1) is 8.79. The van der Waals surface area contributed by atoms with Crippen molar-refractivity contribution in [2.45, 2.75) is 12.8 Å². The average Bonchev–Trinajstić information content (AvgIpc) is 3.09. The molecule has 3 aromatic rings. The van der Waals surface area contributed by atoms with Crippen molar-refractivity contribution < 1.29 is 4.63 Å². The molecule has 0 radical (unpaired) electrons. The van der Waals surface area contributed by atoms with Crippen molar-refractivity contribution in [3.63, 3.8) is 0 Å². The van der Waals surface area contributed by atoms with E-state index in [2.05, 4.69) is 40.4 Å². The zero-order valence-corrected chi connectivity index (χ0v) is 8.81. The molecular formula is C8H8N8O. The van der Waals surface area contributed by atoms with Crippen LogP contribution >= 0.6 is 0 Å². The summed E-state index contributed by atoms with van der Waals surface area (Å²) in [5.74, 6) is 0.746. The molecule has 9 nitrogen and oxygen atoms in total. The molecule has 3 aromatic heterocycles. The van der Waals surface area contributed by atoms with Gasteiger partial charge in [0, 0.05) is 13.1 Å². The molecule has 0 spiro atoms. The molecule has 0 amide bonds. The van der Waals surface area contributed by atoms with Crippen molar-refractivity contribution in [1.29, 1.82) is 0 Å². The number of hydrogen-bond acceptors (Lipinski definition) is 8. The molecule has 4 rings (SSSR count). The number of tetrazole rings is 1. The van der Waals surface area contributed by atoms with Crippen molar-refractivity contribution >= 4 is 22.8 Å². The van der Waals surface area contributed by atoms with E-state index < -0.39 is 0 Å². The molecule has 0 aliphatic carbocycles. The summed E-state index contributed by atoms with van der Waals surface area (Å²) >= 11 is 0. The summed E-state index contributed by atoms with van der Waals surface area (Å²) in [4.78, 5) is 6.57. The normalized spacial score (nSPS) is 16.4. The molecule has 1 aliphatic rings. The predicted octanol–water partition coefficient (Wildman–Crippen LogP) is -0.344. The lowest BCUT2D eigenvalue weighted by molar-refractivity contribution is 0.313. The SMILES string of the molecule is C1CCN(c2nc3nonc3n3nnnc23)C1. The molecule has 0 unspecified atom stereocenters. The molecule has 0 bridgehead atoms. The Kier molecular flexibility index (Phi) is 1.60. The Labute approximate surface area is 94.4 Å². The van der Waals surface area contributed by atoms with Crippen LogP contribution in [0.25, 0.3) is 16.9 Å². The highest BCUT2D eigenvalue weighted by Crippen LogP contribution is 2.23. The topological polar surface area (TPSA) is 98.1 Å². The maximum absolute atomic E-state index is 4.66. The first-order valence-electron chi connectivity index (χ1n) is 5.39. The molecule has 1 aliphatic heterocycles. The van der Waals surface area contributed by atoms with Gasteiger partial charge in [-0.1, -0.05) is 0 Å². The minimum atomic E-state index is 0.423. The van der Waals surface area contributed by atoms with Gasteiger partial charge in [0.1, 0.15) is 0 Å². The van der Waals surface area contributed by atoms with Crippen molar-refractivity contribution in [3.05, 3.63) is 0 Å². The highest BCUT2D eigenvalue weighted by molar-refractivity contribution is 5.76. The smallest absolute Gasteiger partial charge is 0.248 e. The molecule has 0 aromatic carbocycles. The van der Waals surface area contributed by atoms with Crippen LogP contribution < -0.4 is 4.90 Å². The van der Waals surface area contributed by atoms with E-state index >= 15 is 0 Å². The van der Waals surface area contributed by atoms with Crippen LogP contribution in [0.1, 0.15) is 12.8 Å². The van der Waals surface area contributed by atoms with E-state index in [1.807, 2.05) is 0 Å². The molecule has 17 heavy (non-hydrogen) atoms. The Hall–Kier alpha value is -2.32. The van der Waals surface area contributed by atoms with Gasteiger partial charge in [0.2, 0.25) is 16.9 Å². The standard InChI is InChI=1S/C8H8N8O/c1-2-4-15(3-1)7-8-10-13-14-16(8)6-5(9-7)11-17-12-6/h1-4H2. The summed E-state index contributed by atoms with van der Waals surface area (Å²) in [6.07, 6.45) is 2.31. The van der Waals surface area contributed by atoms with Gasteiger partial charge >= 0.3 is 0 Å². The fourth-order valence-electron chi connectivity index (χ4n) is 2.14. The van der Waals surface area contributed by atoms with Crippen molar-refractivity contribution in [3.8, 4) is 0 Å². The largest absolute Gasteiger partial charge is 0.353 e. The highest BCUT2D eigenvalue weighted by atomic mass is 16.6. The first-order valence-corrected chi connectivity index (χ1v) is 5.39. The van der Waals surface area contributed by atoms with Gasteiger partial charge in [-0.2, -0.15) is 4.52 Å². The van der Waals surface area contributed by atoms with E-state index in [0.717, 1.165) is 31.7 Å². The monoisotopic (exact) mass is 232 g/mol. The van der Waals surface area contributed by atoms with Crippen LogP contribution in [0.3, 0.4) is 0 Å². The van der Waals surface area contributed by atoms with Gasteiger partial charge in [0.25, 0.3) is 0 Å². The third kappa shape index (κ3) is 1.13. The van der Waals surface area contributed by atoms with Crippen molar-refractivity contribution in [2.75, 3.05) is 18.0 Å². The molecule has 4 heterocycles. The highest BCUT2D eigenvalue weighted by Gasteiger charge is 2.22. The van der Waals surface area contributed by atoms with Gasteiger partial charge in [0.15, 0.2) is 5.82 Å². The lowest BCUT2D eigenvalue weighted by Crippen LogP contribution is -2.20.